The highest BCUT2D eigenvalue weighted by Crippen LogP contribution is 2.25. The number of carbonyl (C=O) groups is 1. The number of rotatable bonds is 8. The Balaban J connectivity index is 1.96. The van der Waals surface area contributed by atoms with E-state index in [1.165, 1.54) is 7.11 Å². The summed E-state index contributed by atoms with van der Waals surface area (Å²) in [6.07, 6.45) is -0.999. The van der Waals surface area contributed by atoms with Crippen molar-refractivity contribution in [3.63, 3.8) is 0 Å². The maximum Gasteiger partial charge on any atom is 0.326 e. The molecule has 1 N–H and O–H groups in total. The molecule has 0 bridgehead atoms. The van der Waals surface area contributed by atoms with Crippen LogP contribution >= 0.6 is 0 Å². The van der Waals surface area contributed by atoms with Gasteiger partial charge in [0, 0.05) is 13.1 Å². The van der Waals surface area contributed by atoms with Crippen LogP contribution in [0.2, 0.25) is 0 Å². The topological polar surface area (TPSA) is 49.8 Å². The minimum absolute atomic E-state index is 0.455. The zero-order valence-electron chi connectivity index (χ0n) is 15.9. The van der Waals surface area contributed by atoms with E-state index in [2.05, 4.69) is 0 Å². The molecule has 0 spiro atoms. The first kappa shape index (κ1) is 19.8. The number of nitrogens with zero attached hydrogens (tertiary/aromatic N) is 1. The number of hydrogen-bond donors (Lipinski definition) is 1. The standard InChI is InChI=1S/C24H25NO3/c1-28-24(27)22(23(26)21-15-9-4-10-16-21)25(17-19-11-5-2-6-12-19)18-20-13-7-3-8-14-20/h2-16,22-23,26H,17-18H2,1H3/t22-,23+/m1/s1. The fourth-order valence-corrected chi connectivity index (χ4v) is 3.32. The zero-order chi connectivity index (χ0) is 19.8. The van der Waals surface area contributed by atoms with Gasteiger partial charge >= 0.3 is 5.97 Å². The lowest BCUT2D eigenvalue weighted by Crippen LogP contribution is -2.45. The maximum atomic E-state index is 12.7. The van der Waals surface area contributed by atoms with Crippen LogP contribution in [0.25, 0.3) is 0 Å². The number of carbonyl (C=O) groups excluding carboxylic acids is 1. The highest BCUT2D eigenvalue weighted by molar-refractivity contribution is 5.76. The third-order valence-electron chi connectivity index (χ3n) is 4.73. The molecule has 3 aromatic rings. The Morgan fingerprint density at radius 3 is 1.68 bits per heavy atom. The van der Waals surface area contributed by atoms with Crippen molar-refractivity contribution in [3.05, 3.63) is 108 Å². The van der Waals surface area contributed by atoms with Crippen molar-refractivity contribution in [2.45, 2.75) is 25.2 Å². The summed E-state index contributed by atoms with van der Waals surface area (Å²) in [5.41, 5.74) is 2.81. The van der Waals surface area contributed by atoms with Gasteiger partial charge in [0.05, 0.1) is 7.11 Å². The first-order valence-corrected chi connectivity index (χ1v) is 9.32. The molecular weight excluding hydrogens is 350 g/mol. The zero-order valence-corrected chi connectivity index (χ0v) is 15.9. The summed E-state index contributed by atoms with van der Waals surface area (Å²) in [6.45, 7) is 1.03. The van der Waals surface area contributed by atoms with Crippen LogP contribution in [0.4, 0.5) is 0 Å². The molecule has 0 amide bonds. The van der Waals surface area contributed by atoms with Gasteiger partial charge in [0.1, 0.15) is 12.1 Å². The van der Waals surface area contributed by atoms with Crippen LogP contribution in [0.15, 0.2) is 91.0 Å². The Hall–Kier alpha value is -2.95. The minimum Gasteiger partial charge on any atom is -0.468 e. The molecule has 0 radical (unpaired) electrons. The van der Waals surface area contributed by atoms with Crippen LogP contribution in [0.5, 0.6) is 0 Å². The van der Waals surface area contributed by atoms with Crippen LogP contribution in [0.3, 0.4) is 0 Å². The molecule has 0 heterocycles. The number of ether oxygens (including phenoxy) is 1. The summed E-state index contributed by atoms with van der Waals surface area (Å²) >= 11 is 0. The van der Waals surface area contributed by atoms with E-state index in [9.17, 15) is 9.90 Å². The summed E-state index contributed by atoms with van der Waals surface area (Å²) < 4.78 is 5.07. The molecule has 144 valence electrons. The van der Waals surface area contributed by atoms with Gasteiger partial charge in [0.15, 0.2) is 0 Å². The van der Waals surface area contributed by atoms with Gasteiger partial charge < -0.3 is 9.84 Å². The molecular formula is C24H25NO3. The number of methoxy groups -OCH3 is 1. The Bertz CT molecular complexity index is 811. The molecule has 28 heavy (non-hydrogen) atoms. The highest BCUT2D eigenvalue weighted by atomic mass is 16.5. The number of aliphatic hydroxyl groups is 1. The van der Waals surface area contributed by atoms with E-state index in [0.29, 0.717) is 18.7 Å². The van der Waals surface area contributed by atoms with Gasteiger partial charge in [-0.05, 0) is 16.7 Å². The maximum absolute atomic E-state index is 12.7. The van der Waals surface area contributed by atoms with Gasteiger partial charge in [0.2, 0.25) is 0 Å². The summed E-state index contributed by atoms with van der Waals surface area (Å²) in [5, 5.41) is 11.1. The molecule has 0 aliphatic rings. The molecule has 0 unspecified atom stereocenters. The van der Waals surface area contributed by atoms with Gasteiger partial charge in [-0.15, -0.1) is 0 Å². The third kappa shape index (κ3) is 5.06. The number of hydrogen-bond acceptors (Lipinski definition) is 4. The Kier molecular flexibility index (Phi) is 6.95. The van der Waals surface area contributed by atoms with Crippen molar-refractivity contribution in [1.29, 1.82) is 0 Å². The summed E-state index contributed by atoms with van der Waals surface area (Å²) in [6, 6.07) is 28.3. The second-order valence-corrected chi connectivity index (χ2v) is 6.70. The lowest BCUT2D eigenvalue weighted by atomic mass is 9.99. The molecule has 0 saturated heterocycles. The van der Waals surface area contributed by atoms with Crippen molar-refractivity contribution in [1.82, 2.24) is 4.90 Å². The molecule has 0 aliphatic heterocycles. The summed E-state index contributed by atoms with van der Waals surface area (Å²) in [5.74, 6) is -0.455. The SMILES string of the molecule is COC(=O)[C@@H]([C@@H](O)c1ccccc1)N(Cc1ccccc1)Cc1ccccc1. The Morgan fingerprint density at radius 1 is 0.821 bits per heavy atom. The van der Waals surface area contributed by atoms with Crippen LogP contribution in [0, 0.1) is 0 Å². The quantitative estimate of drug-likeness (QED) is 0.606. The van der Waals surface area contributed by atoms with Gasteiger partial charge in [-0.25, -0.2) is 0 Å². The van der Waals surface area contributed by atoms with E-state index in [1.54, 1.807) is 0 Å². The van der Waals surface area contributed by atoms with Crippen molar-refractivity contribution in [3.8, 4) is 0 Å². The first-order chi connectivity index (χ1) is 13.7. The molecule has 3 aromatic carbocycles. The van der Waals surface area contributed by atoms with Gasteiger partial charge in [-0.2, -0.15) is 0 Å². The normalized spacial score (nSPS) is 13.1. The molecule has 4 heteroatoms. The molecule has 3 rings (SSSR count). The van der Waals surface area contributed by atoms with Crippen molar-refractivity contribution >= 4 is 5.97 Å². The van der Waals surface area contributed by atoms with E-state index in [1.807, 2.05) is 95.9 Å². The van der Waals surface area contributed by atoms with E-state index in [4.69, 9.17) is 4.74 Å². The first-order valence-electron chi connectivity index (χ1n) is 9.32. The lowest BCUT2D eigenvalue weighted by molar-refractivity contribution is -0.152. The second kappa shape index (κ2) is 9.83. The third-order valence-corrected chi connectivity index (χ3v) is 4.73. The monoisotopic (exact) mass is 375 g/mol. The number of benzene rings is 3. The van der Waals surface area contributed by atoms with Crippen molar-refractivity contribution < 1.29 is 14.6 Å². The Morgan fingerprint density at radius 2 is 1.25 bits per heavy atom. The Labute approximate surface area is 166 Å². The predicted octanol–water partition coefficient (Wildman–Crippen LogP) is 3.96. The van der Waals surface area contributed by atoms with Crippen LogP contribution < -0.4 is 0 Å². The lowest BCUT2D eigenvalue weighted by Gasteiger charge is -2.33. The van der Waals surface area contributed by atoms with Crippen LogP contribution in [-0.4, -0.2) is 29.1 Å². The minimum atomic E-state index is -0.999. The number of esters is 1. The van der Waals surface area contributed by atoms with E-state index in [-0.39, 0.29) is 0 Å². The predicted molar refractivity (Wildman–Crippen MR) is 109 cm³/mol. The van der Waals surface area contributed by atoms with Crippen LogP contribution in [-0.2, 0) is 22.6 Å². The van der Waals surface area contributed by atoms with Gasteiger partial charge in [-0.1, -0.05) is 91.0 Å². The molecule has 2 atom stereocenters. The molecule has 0 aliphatic carbocycles. The fraction of sp³-hybridized carbons (Fsp3) is 0.208. The van der Waals surface area contributed by atoms with Crippen LogP contribution in [0.1, 0.15) is 22.8 Å². The van der Waals surface area contributed by atoms with E-state index < -0.39 is 18.1 Å². The molecule has 0 saturated carbocycles. The molecule has 4 nitrogen and oxygen atoms in total. The highest BCUT2D eigenvalue weighted by Gasteiger charge is 2.34. The summed E-state index contributed by atoms with van der Waals surface area (Å²) in [7, 11) is 1.36. The smallest absolute Gasteiger partial charge is 0.326 e. The average Bonchev–Trinajstić information content (AvgIpc) is 2.75. The average molecular weight is 375 g/mol. The molecule has 0 aromatic heterocycles. The summed E-state index contributed by atoms with van der Waals surface area (Å²) in [4.78, 5) is 14.7. The fourth-order valence-electron chi connectivity index (χ4n) is 3.32. The van der Waals surface area contributed by atoms with Gasteiger partial charge in [-0.3, -0.25) is 9.69 Å². The number of aliphatic hydroxyl groups excluding tert-OH is 1. The van der Waals surface area contributed by atoms with E-state index in [0.717, 1.165) is 11.1 Å². The van der Waals surface area contributed by atoms with Crippen molar-refractivity contribution in [2.24, 2.45) is 0 Å². The second-order valence-electron chi connectivity index (χ2n) is 6.70. The van der Waals surface area contributed by atoms with Crippen molar-refractivity contribution in [2.75, 3.05) is 7.11 Å². The molecule has 0 fully saturated rings. The van der Waals surface area contributed by atoms with E-state index >= 15 is 0 Å². The largest absolute Gasteiger partial charge is 0.468 e. The van der Waals surface area contributed by atoms with Gasteiger partial charge in [0.25, 0.3) is 0 Å².